The molecule has 0 N–H and O–H groups in total. The maximum atomic E-state index is 12.3. The van der Waals surface area contributed by atoms with E-state index in [0.717, 1.165) is 18.5 Å². The number of ether oxygens (including phenoxy) is 1. The highest BCUT2D eigenvalue weighted by atomic mass is 16.6. The van der Waals surface area contributed by atoms with Crippen LogP contribution < -0.4 is 0 Å². The lowest BCUT2D eigenvalue weighted by Crippen LogP contribution is -2.28. The van der Waals surface area contributed by atoms with Gasteiger partial charge in [0.15, 0.2) is 5.69 Å². The van der Waals surface area contributed by atoms with E-state index in [9.17, 15) is 4.79 Å². The van der Waals surface area contributed by atoms with E-state index in [1.165, 1.54) is 12.8 Å². The fourth-order valence-electron chi connectivity index (χ4n) is 3.48. The SMILES string of the molecule is CC(C)(C)OC(=O)c1ccnc(CC2(c3ccccn3)CCCC2)n1. The van der Waals surface area contributed by atoms with Gasteiger partial charge in [0.25, 0.3) is 0 Å². The lowest BCUT2D eigenvalue weighted by molar-refractivity contribution is 0.00621. The average molecular weight is 339 g/mol. The second-order valence-corrected chi connectivity index (χ2v) is 7.74. The molecule has 5 heteroatoms. The number of hydrogen-bond acceptors (Lipinski definition) is 5. The summed E-state index contributed by atoms with van der Waals surface area (Å²) in [6.07, 6.45) is 8.69. The van der Waals surface area contributed by atoms with Crippen molar-refractivity contribution in [2.45, 2.75) is 63.9 Å². The van der Waals surface area contributed by atoms with Crippen molar-refractivity contribution in [2.24, 2.45) is 0 Å². The van der Waals surface area contributed by atoms with Gasteiger partial charge in [-0.25, -0.2) is 14.8 Å². The third-order valence-corrected chi connectivity index (χ3v) is 4.58. The van der Waals surface area contributed by atoms with Gasteiger partial charge in [-0.1, -0.05) is 18.9 Å². The minimum atomic E-state index is -0.539. The molecular weight excluding hydrogens is 314 g/mol. The standard InChI is InChI=1S/C20H25N3O2/c1-19(2,3)25-18(24)15-9-13-22-17(23-15)14-20(10-5-6-11-20)16-8-4-7-12-21-16/h4,7-9,12-13H,5-6,10-11,14H2,1-3H3. The molecule has 25 heavy (non-hydrogen) atoms. The van der Waals surface area contributed by atoms with Crippen LogP contribution in [0, 0.1) is 0 Å². The van der Waals surface area contributed by atoms with E-state index in [0.29, 0.717) is 17.9 Å². The molecule has 0 atom stereocenters. The first-order valence-corrected chi connectivity index (χ1v) is 8.85. The Balaban J connectivity index is 1.84. The van der Waals surface area contributed by atoms with E-state index >= 15 is 0 Å². The predicted molar refractivity (Wildman–Crippen MR) is 95.3 cm³/mol. The van der Waals surface area contributed by atoms with Gasteiger partial charge in [-0.2, -0.15) is 0 Å². The lowest BCUT2D eigenvalue weighted by atomic mass is 9.79. The van der Waals surface area contributed by atoms with Crippen molar-refractivity contribution in [3.8, 4) is 0 Å². The van der Waals surface area contributed by atoms with Crippen LogP contribution in [0.15, 0.2) is 36.7 Å². The van der Waals surface area contributed by atoms with E-state index in [4.69, 9.17) is 4.74 Å². The van der Waals surface area contributed by atoms with Crippen molar-refractivity contribution in [3.63, 3.8) is 0 Å². The quantitative estimate of drug-likeness (QED) is 0.791. The van der Waals surface area contributed by atoms with Gasteiger partial charge in [-0.3, -0.25) is 4.98 Å². The van der Waals surface area contributed by atoms with Gasteiger partial charge in [0, 0.05) is 29.9 Å². The Morgan fingerprint density at radius 1 is 1.12 bits per heavy atom. The summed E-state index contributed by atoms with van der Waals surface area (Å²) < 4.78 is 5.42. The minimum Gasteiger partial charge on any atom is -0.455 e. The lowest BCUT2D eigenvalue weighted by Gasteiger charge is -2.27. The molecule has 5 nitrogen and oxygen atoms in total. The number of carbonyl (C=O) groups is 1. The van der Waals surface area contributed by atoms with Gasteiger partial charge in [-0.05, 0) is 51.8 Å². The zero-order valence-corrected chi connectivity index (χ0v) is 15.2. The predicted octanol–water partition coefficient (Wildman–Crippen LogP) is 3.88. The third kappa shape index (κ3) is 4.21. The van der Waals surface area contributed by atoms with Gasteiger partial charge in [-0.15, -0.1) is 0 Å². The highest BCUT2D eigenvalue weighted by Crippen LogP contribution is 2.42. The van der Waals surface area contributed by atoms with Gasteiger partial charge in [0.2, 0.25) is 0 Å². The second kappa shape index (κ2) is 6.90. The fraction of sp³-hybridized carbons (Fsp3) is 0.500. The Morgan fingerprint density at radius 3 is 2.52 bits per heavy atom. The minimum absolute atomic E-state index is 0.0339. The molecule has 0 aliphatic heterocycles. The number of aromatic nitrogens is 3. The van der Waals surface area contributed by atoms with Crippen molar-refractivity contribution < 1.29 is 9.53 Å². The molecule has 0 amide bonds. The molecule has 3 rings (SSSR count). The number of hydrogen-bond donors (Lipinski definition) is 0. The Morgan fingerprint density at radius 2 is 1.88 bits per heavy atom. The third-order valence-electron chi connectivity index (χ3n) is 4.58. The van der Waals surface area contributed by atoms with E-state index in [1.54, 1.807) is 12.3 Å². The first kappa shape index (κ1) is 17.5. The van der Waals surface area contributed by atoms with E-state index in [-0.39, 0.29) is 5.41 Å². The summed E-state index contributed by atoms with van der Waals surface area (Å²) in [6.45, 7) is 5.55. The number of pyridine rings is 1. The van der Waals surface area contributed by atoms with E-state index < -0.39 is 11.6 Å². The largest absolute Gasteiger partial charge is 0.455 e. The summed E-state index contributed by atoms with van der Waals surface area (Å²) in [5.41, 5.74) is 0.837. The molecule has 0 unspecified atom stereocenters. The Hall–Kier alpha value is -2.30. The van der Waals surface area contributed by atoms with Gasteiger partial charge < -0.3 is 4.74 Å². The summed E-state index contributed by atoms with van der Waals surface area (Å²) in [4.78, 5) is 25.7. The van der Waals surface area contributed by atoms with Crippen LogP contribution in [0.5, 0.6) is 0 Å². The van der Waals surface area contributed by atoms with E-state index in [2.05, 4.69) is 21.0 Å². The van der Waals surface area contributed by atoms with Crippen LogP contribution in [0.25, 0.3) is 0 Å². The molecule has 2 aromatic rings. The molecule has 1 aliphatic carbocycles. The maximum absolute atomic E-state index is 12.3. The first-order valence-electron chi connectivity index (χ1n) is 8.85. The Kier molecular flexibility index (Phi) is 4.84. The zero-order chi connectivity index (χ0) is 17.9. The maximum Gasteiger partial charge on any atom is 0.357 e. The fourth-order valence-corrected chi connectivity index (χ4v) is 3.48. The van der Waals surface area contributed by atoms with Crippen molar-refractivity contribution in [2.75, 3.05) is 0 Å². The molecule has 1 saturated carbocycles. The topological polar surface area (TPSA) is 65.0 Å². The Labute approximate surface area is 148 Å². The van der Waals surface area contributed by atoms with Crippen molar-refractivity contribution in [1.29, 1.82) is 0 Å². The Bertz CT molecular complexity index is 732. The van der Waals surface area contributed by atoms with Crippen molar-refractivity contribution >= 4 is 5.97 Å². The van der Waals surface area contributed by atoms with Crippen LogP contribution in [-0.2, 0) is 16.6 Å². The molecule has 132 valence electrons. The molecule has 0 spiro atoms. The number of esters is 1. The first-order chi connectivity index (χ1) is 11.9. The van der Waals surface area contributed by atoms with Crippen LogP contribution in [0.1, 0.15) is 68.5 Å². The zero-order valence-electron chi connectivity index (χ0n) is 15.2. The monoisotopic (exact) mass is 339 g/mol. The molecule has 0 saturated heterocycles. The van der Waals surface area contributed by atoms with Crippen LogP contribution in [0.2, 0.25) is 0 Å². The van der Waals surface area contributed by atoms with Crippen LogP contribution in [0.4, 0.5) is 0 Å². The molecule has 1 fully saturated rings. The van der Waals surface area contributed by atoms with Gasteiger partial charge >= 0.3 is 5.97 Å². The summed E-state index contributed by atoms with van der Waals surface area (Å²) >= 11 is 0. The summed E-state index contributed by atoms with van der Waals surface area (Å²) in [5, 5.41) is 0. The smallest absolute Gasteiger partial charge is 0.357 e. The number of carbonyl (C=O) groups excluding carboxylic acids is 1. The number of nitrogens with zero attached hydrogens (tertiary/aromatic N) is 3. The average Bonchev–Trinajstić information content (AvgIpc) is 3.04. The second-order valence-electron chi connectivity index (χ2n) is 7.74. The van der Waals surface area contributed by atoms with E-state index in [1.807, 2.05) is 39.1 Å². The molecule has 2 heterocycles. The highest BCUT2D eigenvalue weighted by molar-refractivity contribution is 5.87. The van der Waals surface area contributed by atoms with Crippen LogP contribution >= 0.6 is 0 Å². The molecular formula is C20H25N3O2. The normalized spacial score (nSPS) is 16.6. The summed E-state index contributed by atoms with van der Waals surface area (Å²) in [5.74, 6) is 0.269. The van der Waals surface area contributed by atoms with Crippen molar-refractivity contribution in [1.82, 2.24) is 15.0 Å². The molecule has 0 aromatic carbocycles. The summed E-state index contributed by atoms with van der Waals surface area (Å²) in [7, 11) is 0. The molecule has 1 aliphatic rings. The van der Waals surface area contributed by atoms with Crippen LogP contribution in [0.3, 0.4) is 0 Å². The molecule has 0 bridgehead atoms. The van der Waals surface area contributed by atoms with Crippen molar-refractivity contribution in [3.05, 3.63) is 53.9 Å². The summed E-state index contributed by atoms with van der Waals surface area (Å²) in [6, 6.07) is 7.66. The molecule has 2 aromatic heterocycles. The highest BCUT2D eigenvalue weighted by Gasteiger charge is 2.38. The molecule has 0 radical (unpaired) electrons. The van der Waals surface area contributed by atoms with Gasteiger partial charge in [0.1, 0.15) is 11.4 Å². The van der Waals surface area contributed by atoms with Gasteiger partial charge in [0.05, 0.1) is 0 Å². The number of rotatable bonds is 4. The van der Waals surface area contributed by atoms with Crippen LogP contribution in [-0.4, -0.2) is 26.5 Å².